The zero-order chi connectivity index (χ0) is 20.3. The summed E-state index contributed by atoms with van der Waals surface area (Å²) in [6, 6.07) is 10.4. The van der Waals surface area contributed by atoms with Gasteiger partial charge in [0.05, 0.1) is 16.2 Å². The molecule has 1 aliphatic rings. The molecule has 1 heterocycles. The normalized spacial score (nSPS) is 14.8. The fourth-order valence-corrected chi connectivity index (χ4v) is 3.48. The minimum atomic E-state index is -0.487. The van der Waals surface area contributed by atoms with Crippen LogP contribution in [-0.2, 0) is 6.54 Å². The number of nitrogens with zero attached hydrogens (tertiary/aromatic N) is 3. The number of non-ortho nitro benzene ring substituents is 1. The summed E-state index contributed by atoms with van der Waals surface area (Å²) in [6.07, 6.45) is 2.05. The second-order valence-corrected chi connectivity index (χ2v) is 7.42. The number of benzene rings is 2. The van der Waals surface area contributed by atoms with Crippen molar-refractivity contribution in [2.45, 2.75) is 26.3 Å². The van der Waals surface area contributed by atoms with Gasteiger partial charge in [-0.3, -0.25) is 14.9 Å². The lowest BCUT2D eigenvalue weighted by atomic mass is 9.97. The van der Waals surface area contributed by atoms with E-state index >= 15 is 0 Å². The molecule has 1 amide bonds. The molecule has 0 N–H and O–H groups in total. The lowest BCUT2D eigenvalue weighted by Crippen LogP contribution is -2.35. The fourth-order valence-electron chi connectivity index (χ4n) is 3.48. The topological polar surface area (TPSA) is 66.7 Å². The monoisotopic (exact) mass is 385 g/mol. The third-order valence-corrected chi connectivity index (χ3v) is 5.23. The molecule has 0 saturated carbocycles. The first-order valence-electron chi connectivity index (χ1n) is 9.38. The van der Waals surface area contributed by atoms with E-state index in [0.29, 0.717) is 11.5 Å². The highest BCUT2D eigenvalue weighted by Gasteiger charge is 2.25. The van der Waals surface area contributed by atoms with Crippen molar-refractivity contribution in [1.29, 1.82) is 0 Å². The summed E-state index contributed by atoms with van der Waals surface area (Å²) in [5, 5.41) is 11.2. The molecule has 28 heavy (non-hydrogen) atoms. The number of carbonyl (C=O) groups excluding carboxylic acids is 1. The molecule has 0 spiro atoms. The van der Waals surface area contributed by atoms with Crippen LogP contribution in [0.5, 0.6) is 0 Å². The largest absolute Gasteiger partial charge is 0.371 e. The molecule has 0 radical (unpaired) electrons. The maximum Gasteiger partial charge on any atom is 0.270 e. The number of nitro benzene ring substituents is 1. The molecular formula is C21H24FN3O3. The number of carbonyl (C=O) groups is 1. The molecule has 3 rings (SSSR count). The Bertz CT molecular complexity index is 862. The van der Waals surface area contributed by atoms with Gasteiger partial charge in [0.2, 0.25) is 0 Å². The fraction of sp³-hybridized carbons (Fsp3) is 0.381. The summed E-state index contributed by atoms with van der Waals surface area (Å²) in [5.41, 5.74) is 1.74. The summed E-state index contributed by atoms with van der Waals surface area (Å²) in [5.74, 6) is 0.00859. The Balaban J connectivity index is 1.88. The van der Waals surface area contributed by atoms with Crippen molar-refractivity contribution >= 4 is 17.3 Å². The van der Waals surface area contributed by atoms with Gasteiger partial charge in [-0.1, -0.05) is 19.1 Å². The van der Waals surface area contributed by atoms with E-state index in [9.17, 15) is 19.3 Å². The van der Waals surface area contributed by atoms with Crippen molar-refractivity contribution in [2.24, 2.45) is 5.92 Å². The van der Waals surface area contributed by atoms with Gasteiger partial charge in [-0.05, 0) is 42.5 Å². The van der Waals surface area contributed by atoms with Crippen molar-refractivity contribution in [2.75, 3.05) is 25.0 Å². The van der Waals surface area contributed by atoms with Crippen LogP contribution in [-0.4, -0.2) is 35.9 Å². The van der Waals surface area contributed by atoms with Crippen LogP contribution in [0.1, 0.15) is 35.7 Å². The van der Waals surface area contributed by atoms with Gasteiger partial charge in [0.25, 0.3) is 11.6 Å². The minimum absolute atomic E-state index is 0.104. The number of hydrogen-bond donors (Lipinski definition) is 0. The zero-order valence-corrected chi connectivity index (χ0v) is 16.1. The third-order valence-electron chi connectivity index (χ3n) is 5.23. The van der Waals surface area contributed by atoms with E-state index in [2.05, 4.69) is 11.8 Å². The number of rotatable bonds is 5. The van der Waals surface area contributed by atoms with E-state index < -0.39 is 4.92 Å². The molecule has 148 valence electrons. The van der Waals surface area contributed by atoms with E-state index in [0.717, 1.165) is 37.2 Å². The van der Waals surface area contributed by atoms with Gasteiger partial charge >= 0.3 is 0 Å². The Labute approximate surface area is 163 Å². The lowest BCUT2D eigenvalue weighted by molar-refractivity contribution is -0.384. The SMILES string of the molecule is CC1CCN(c2ccc([N+](=O)[O-])cc2C(=O)N(C)Cc2ccc(F)cc2)CC1. The molecule has 6 nitrogen and oxygen atoms in total. The first-order valence-corrected chi connectivity index (χ1v) is 9.38. The van der Waals surface area contributed by atoms with E-state index in [-0.39, 0.29) is 24.0 Å². The van der Waals surface area contributed by atoms with Gasteiger partial charge in [0, 0.05) is 38.8 Å². The number of amides is 1. The summed E-state index contributed by atoms with van der Waals surface area (Å²) in [6.45, 7) is 4.13. The Morgan fingerprint density at radius 1 is 1.21 bits per heavy atom. The van der Waals surface area contributed by atoms with Crippen LogP contribution in [0.15, 0.2) is 42.5 Å². The molecule has 0 unspecified atom stereocenters. The van der Waals surface area contributed by atoms with E-state index in [1.807, 2.05) is 0 Å². The van der Waals surface area contributed by atoms with Gasteiger partial charge in [0.15, 0.2) is 0 Å². The standard InChI is InChI=1S/C21H24FN3O3/c1-15-9-11-24(12-10-15)20-8-7-18(25(27)28)13-19(20)21(26)23(2)14-16-3-5-17(22)6-4-16/h3-8,13,15H,9-12,14H2,1-2H3. The van der Waals surface area contributed by atoms with E-state index in [1.54, 1.807) is 25.2 Å². The first-order chi connectivity index (χ1) is 13.3. The van der Waals surface area contributed by atoms with Gasteiger partial charge in [0.1, 0.15) is 5.82 Å². The minimum Gasteiger partial charge on any atom is -0.371 e. The third kappa shape index (κ3) is 4.47. The molecule has 2 aromatic carbocycles. The maximum atomic E-state index is 13.1. The van der Waals surface area contributed by atoms with Crippen molar-refractivity contribution in [3.8, 4) is 0 Å². The van der Waals surface area contributed by atoms with Gasteiger partial charge in [-0.15, -0.1) is 0 Å². The van der Waals surface area contributed by atoms with Crippen LogP contribution in [0.2, 0.25) is 0 Å². The molecule has 0 aliphatic carbocycles. The molecular weight excluding hydrogens is 361 g/mol. The maximum absolute atomic E-state index is 13.1. The van der Waals surface area contributed by atoms with Gasteiger partial charge in [-0.2, -0.15) is 0 Å². The van der Waals surface area contributed by atoms with Gasteiger partial charge < -0.3 is 9.80 Å². The average molecular weight is 385 g/mol. The van der Waals surface area contributed by atoms with Crippen LogP contribution in [0.25, 0.3) is 0 Å². The number of anilines is 1. The second kappa shape index (κ2) is 8.37. The molecule has 0 bridgehead atoms. The highest BCUT2D eigenvalue weighted by molar-refractivity contribution is 6.00. The molecule has 0 aromatic heterocycles. The smallest absolute Gasteiger partial charge is 0.270 e. The van der Waals surface area contributed by atoms with Crippen LogP contribution in [0.4, 0.5) is 15.8 Å². The Morgan fingerprint density at radius 2 is 1.86 bits per heavy atom. The number of hydrogen-bond acceptors (Lipinski definition) is 4. The number of piperidine rings is 1. The Kier molecular flexibility index (Phi) is 5.92. The molecule has 1 aliphatic heterocycles. The van der Waals surface area contributed by atoms with Crippen LogP contribution >= 0.6 is 0 Å². The Morgan fingerprint density at radius 3 is 2.46 bits per heavy atom. The summed E-state index contributed by atoms with van der Waals surface area (Å²) < 4.78 is 13.1. The number of nitro groups is 1. The van der Waals surface area contributed by atoms with Crippen molar-refractivity contribution in [1.82, 2.24) is 4.90 Å². The predicted molar refractivity (Wildman–Crippen MR) is 106 cm³/mol. The molecule has 1 saturated heterocycles. The van der Waals surface area contributed by atoms with E-state index in [1.165, 1.54) is 29.2 Å². The molecule has 1 fully saturated rings. The second-order valence-electron chi connectivity index (χ2n) is 7.42. The first kappa shape index (κ1) is 19.8. The molecule has 7 heteroatoms. The van der Waals surface area contributed by atoms with Crippen LogP contribution in [0, 0.1) is 21.8 Å². The van der Waals surface area contributed by atoms with E-state index in [4.69, 9.17) is 0 Å². The summed E-state index contributed by atoms with van der Waals surface area (Å²) in [4.78, 5) is 27.5. The van der Waals surface area contributed by atoms with Gasteiger partial charge in [-0.25, -0.2) is 4.39 Å². The van der Waals surface area contributed by atoms with Crippen LogP contribution in [0.3, 0.4) is 0 Å². The van der Waals surface area contributed by atoms with Crippen molar-refractivity contribution in [3.63, 3.8) is 0 Å². The van der Waals surface area contributed by atoms with Crippen molar-refractivity contribution in [3.05, 3.63) is 69.5 Å². The highest BCUT2D eigenvalue weighted by atomic mass is 19.1. The zero-order valence-electron chi connectivity index (χ0n) is 16.1. The molecule has 2 aromatic rings. The summed E-state index contributed by atoms with van der Waals surface area (Å²) >= 11 is 0. The average Bonchev–Trinajstić information content (AvgIpc) is 2.69. The van der Waals surface area contributed by atoms with Crippen molar-refractivity contribution < 1.29 is 14.1 Å². The predicted octanol–water partition coefficient (Wildman–Crippen LogP) is 4.24. The quantitative estimate of drug-likeness (QED) is 0.570. The number of halogens is 1. The Hall–Kier alpha value is -2.96. The highest BCUT2D eigenvalue weighted by Crippen LogP contribution is 2.30. The lowest BCUT2D eigenvalue weighted by Gasteiger charge is -2.33. The molecule has 0 atom stereocenters. The van der Waals surface area contributed by atoms with Crippen LogP contribution < -0.4 is 4.90 Å². The summed E-state index contributed by atoms with van der Waals surface area (Å²) in [7, 11) is 1.65.